The Labute approximate surface area is 184 Å². The Bertz CT molecular complexity index is 1090. The van der Waals surface area contributed by atoms with E-state index in [-0.39, 0.29) is 18.6 Å². The van der Waals surface area contributed by atoms with Gasteiger partial charge in [-0.25, -0.2) is 9.18 Å². The smallest absolute Gasteiger partial charge is 0.337 e. The fraction of sp³-hybridized carbons (Fsp3) is 0.167. The molecule has 3 aromatic carbocycles. The molecule has 160 valence electrons. The van der Waals surface area contributed by atoms with Crippen LogP contribution in [0.4, 0.5) is 4.39 Å². The van der Waals surface area contributed by atoms with Crippen molar-refractivity contribution >= 4 is 23.5 Å². The van der Waals surface area contributed by atoms with Crippen molar-refractivity contribution in [1.82, 2.24) is 5.32 Å². The van der Waals surface area contributed by atoms with Crippen molar-refractivity contribution in [1.29, 1.82) is 0 Å². The monoisotopic (exact) mass is 441 g/mol. The van der Waals surface area contributed by atoms with E-state index in [4.69, 9.17) is 21.1 Å². The van der Waals surface area contributed by atoms with Gasteiger partial charge < -0.3 is 14.8 Å². The van der Waals surface area contributed by atoms with Crippen molar-refractivity contribution in [3.63, 3.8) is 0 Å². The third kappa shape index (κ3) is 5.83. The number of amides is 1. The molecular weight excluding hydrogens is 421 g/mol. The Kier molecular flexibility index (Phi) is 7.26. The molecular formula is C24H21ClFNO4. The van der Waals surface area contributed by atoms with Crippen molar-refractivity contribution in [3.8, 4) is 5.75 Å². The summed E-state index contributed by atoms with van der Waals surface area (Å²) in [5.74, 6) is -0.797. The van der Waals surface area contributed by atoms with E-state index in [1.807, 2.05) is 6.92 Å². The van der Waals surface area contributed by atoms with Gasteiger partial charge in [-0.15, -0.1) is 0 Å². The molecule has 0 aliphatic heterocycles. The van der Waals surface area contributed by atoms with E-state index in [1.54, 1.807) is 54.6 Å². The molecule has 5 nitrogen and oxygen atoms in total. The molecule has 31 heavy (non-hydrogen) atoms. The predicted molar refractivity (Wildman–Crippen MR) is 116 cm³/mol. The molecule has 0 aromatic heterocycles. The van der Waals surface area contributed by atoms with Gasteiger partial charge in [-0.3, -0.25) is 4.79 Å². The highest BCUT2D eigenvalue weighted by Gasteiger charge is 2.17. The van der Waals surface area contributed by atoms with Crippen LogP contribution in [0.3, 0.4) is 0 Å². The van der Waals surface area contributed by atoms with Crippen molar-refractivity contribution in [2.45, 2.75) is 19.6 Å². The van der Waals surface area contributed by atoms with Crippen LogP contribution in [-0.2, 0) is 11.3 Å². The van der Waals surface area contributed by atoms with Crippen molar-refractivity contribution < 1.29 is 23.5 Å². The Morgan fingerprint density at radius 1 is 1.06 bits per heavy atom. The number of halogens is 2. The molecule has 1 unspecified atom stereocenters. The molecule has 0 saturated heterocycles. The lowest BCUT2D eigenvalue weighted by Gasteiger charge is -2.17. The van der Waals surface area contributed by atoms with Crippen LogP contribution >= 0.6 is 11.6 Å². The maximum absolute atomic E-state index is 13.4. The molecule has 0 radical (unpaired) electrons. The normalized spacial score (nSPS) is 11.5. The van der Waals surface area contributed by atoms with Gasteiger partial charge in [-0.05, 0) is 48.9 Å². The lowest BCUT2D eigenvalue weighted by atomic mass is 10.0. The molecule has 0 aliphatic carbocycles. The zero-order chi connectivity index (χ0) is 22.4. The van der Waals surface area contributed by atoms with Gasteiger partial charge in [-0.1, -0.05) is 35.9 Å². The minimum atomic E-state index is -0.426. The summed E-state index contributed by atoms with van der Waals surface area (Å²) in [5, 5.41) is 3.33. The maximum atomic E-state index is 13.4. The largest absolute Gasteiger partial charge is 0.489 e. The van der Waals surface area contributed by atoms with Crippen molar-refractivity contribution in [2.75, 3.05) is 7.11 Å². The zero-order valence-corrected chi connectivity index (χ0v) is 17.8. The van der Waals surface area contributed by atoms with Gasteiger partial charge in [0.2, 0.25) is 0 Å². The van der Waals surface area contributed by atoms with E-state index < -0.39 is 11.8 Å². The summed E-state index contributed by atoms with van der Waals surface area (Å²) in [6.07, 6.45) is 0. The Morgan fingerprint density at radius 3 is 2.48 bits per heavy atom. The van der Waals surface area contributed by atoms with Gasteiger partial charge in [0.25, 0.3) is 5.91 Å². The quantitative estimate of drug-likeness (QED) is 0.503. The topological polar surface area (TPSA) is 64.6 Å². The maximum Gasteiger partial charge on any atom is 0.337 e. The number of hydrogen-bond acceptors (Lipinski definition) is 4. The van der Waals surface area contributed by atoms with Crippen LogP contribution in [0.15, 0.2) is 66.7 Å². The second-order valence-electron chi connectivity index (χ2n) is 6.86. The number of carbonyl (C=O) groups excluding carboxylic acids is 2. The van der Waals surface area contributed by atoms with E-state index in [1.165, 1.54) is 19.2 Å². The Hall–Kier alpha value is -3.38. The first-order valence-corrected chi connectivity index (χ1v) is 9.91. The standard InChI is InChI=1S/C24H21ClFNO4/c1-15(16-6-8-17(9-7-16)24(29)30-2)27-23(28)22-12-19(25)11-10-18(22)14-31-21-5-3-4-20(26)13-21/h3-13,15H,14H2,1-2H3,(H,27,28). The van der Waals surface area contributed by atoms with E-state index in [2.05, 4.69) is 5.32 Å². The second kappa shape index (κ2) is 10.1. The highest BCUT2D eigenvalue weighted by molar-refractivity contribution is 6.31. The average molecular weight is 442 g/mol. The van der Waals surface area contributed by atoms with Crippen LogP contribution in [0.1, 0.15) is 44.8 Å². The van der Waals surface area contributed by atoms with Crippen LogP contribution in [0.25, 0.3) is 0 Å². The Morgan fingerprint density at radius 2 is 1.81 bits per heavy atom. The molecule has 3 rings (SSSR count). The van der Waals surface area contributed by atoms with Crippen LogP contribution < -0.4 is 10.1 Å². The predicted octanol–water partition coefficient (Wildman–Crippen LogP) is 5.34. The minimum absolute atomic E-state index is 0.0750. The number of rotatable bonds is 7. The lowest BCUT2D eigenvalue weighted by molar-refractivity contribution is 0.0600. The number of esters is 1. The summed E-state index contributed by atoms with van der Waals surface area (Å²) in [5.41, 5.74) is 2.22. The fourth-order valence-electron chi connectivity index (χ4n) is 2.99. The van der Waals surface area contributed by atoms with Crippen LogP contribution in [-0.4, -0.2) is 19.0 Å². The molecule has 0 spiro atoms. The second-order valence-corrected chi connectivity index (χ2v) is 7.29. The lowest BCUT2D eigenvalue weighted by Crippen LogP contribution is -2.27. The first kappa shape index (κ1) is 22.3. The highest BCUT2D eigenvalue weighted by atomic mass is 35.5. The third-order valence-corrected chi connectivity index (χ3v) is 4.92. The van der Waals surface area contributed by atoms with Gasteiger partial charge in [0.1, 0.15) is 18.2 Å². The van der Waals surface area contributed by atoms with Gasteiger partial charge in [-0.2, -0.15) is 0 Å². The molecule has 0 aliphatic rings. The van der Waals surface area contributed by atoms with E-state index in [0.717, 1.165) is 5.56 Å². The van der Waals surface area contributed by atoms with Crippen LogP contribution in [0.5, 0.6) is 5.75 Å². The third-order valence-electron chi connectivity index (χ3n) is 4.69. The number of ether oxygens (including phenoxy) is 2. The average Bonchev–Trinajstić information content (AvgIpc) is 2.77. The molecule has 1 amide bonds. The van der Waals surface area contributed by atoms with Gasteiger partial charge in [0.05, 0.1) is 18.7 Å². The van der Waals surface area contributed by atoms with Gasteiger partial charge in [0, 0.05) is 22.2 Å². The summed E-state index contributed by atoms with van der Waals surface area (Å²) in [7, 11) is 1.32. The molecule has 0 bridgehead atoms. The van der Waals surface area contributed by atoms with E-state index in [9.17, 15) is 14.0 Å². The van der Waals surface area contributed by atoms with Crippen molar-refractivity contribution in [3.05, 3.63) is 99.8 Å². The summed E-state index contributed by atoms with van der Waals surface area (Å²) in [4.78, 5) is 24.5. The number of methoxy groups -OCH3 is 1. The first-order chi connectivity index (χ1) is 14.9. The Balaban J connectivity index is 1.73. The van der Waals surface area contributed by atoms with E-state index in [0.29, 0.717) is 27.5 Å². The highest BCUT2D eigenvalue weighted by Crippen LogP contribution is 2.21. The van der Waals surface area contributed by atoms with Gasteiger partial charge in [0.15, 0.2) is 0 Å². The van der Waals surface area contributed by atoms with Gasteiger partial charge >= 0.3 is 5.97 Å². The number of benzene rings is 3. The van der Waals surface area contributed by atoms with E-state index >= 15 is 0 Å². The molecule has 1 atom stereocenters. The molecule has 3 aromatic rings. The molecule has 0 saturated carbocycles. The SMILES string of the molecule is COC(=O)c1ccc(C(C)NC(=O)c2cc(Cl)ccc2COc2cccc(F)c2)cc1. The van der Waals surface area contributed by atoms with Crippen LogP contribution in [0.2, 0.25) is 5.02 Å². The summed E-state index contributed by atoms with van der Waals surface area (Å²) in [6, 6.07) is 17.2. The summed E-state index contributed by atoms with van der Waals surface area (Å²) < 4.78 is 23.7. The fourth-order valence-corrected chi connectivity index (χ4v) is 3.16. The summed E-state index contributed by atoms with van der Waals surface area (Å²) >= 11 is 6.10. The number of carbonyl (C=O) groups is 2. The molecule has 0 heterocycles. The molecule has 7 heteroatoms. The van der Waals surface area contributed by atoms with Crippen LogP contribution in [0, 0.1) is 5.82 Å². The number of nitrogens with one attached hydrogen (secondary N) is 1. The summed E-state index contributed by atoms with van der Waals surface area (Å²) in [6.45, 7) is 1.91. The molecule has 1 N–H and O–H groups in total. The zero-order valence-electron chi connectivity index (χ0n) is 17.0. The number of hydrogen-bond donors (Lipinski definition) is 1. The first-order valence-electron chi connectivity index (χ1n) is 9.53. The molecule has 0 fully saturated rings. The minimum Gasteiger partial charge on any atom is -0.489 e. The van der Waals surface area contributed by atoms with Crippen molar-refractivity contribution in [2.24, 2.45) is 0 Å².